The van der Waals surface area contributed by atoms with Gasteiger partial charge in [0.2, 0.25) is 0 Å². The van der Waals surface area contributed by atoms with Gasteiger partial charge in [-0.2, -0.15) is 0 Å². The van der Waals surface area contributed by atoms with Crippen molar-refractivity contribution in [3.63, 3.8) is 0 Å². The fourth-order valence-electron chi connectivity index (χ4n) is 3.53. The lowest BCUT2D eigenvalue weighted by molar-refractivity contribution is 0.0778. The molecular weight excluding hydrogens is 334 g/mol. The Morgan fingerprint density at radius 2 is 1.72 bits per heavy atom. The van der Waals surface area contributed by atoms with E-state index in [4.69, 9.17) is 21.3 Å². The third kappa shape index (κ3) is 3.37. The van der Waals surface area contributed by atoms with E-state index in [0.717, 1.165) is 60.3 Å². The summed E-state index contributed by atoms with van der Waals surface area (Å²) in [6.07, 6.45) is 2.66. The number of halogens is 1. The average molecular weight is 356 g/mol. The molecule has 2 aromatic rings. The van der Waals surface area contributed by atoms with Crippen LogP contribution in [-0.4, -0.2) is 31.1 Å². The van der Waals surface area contributed by atoms with Crippen molar-refractivity contribution in [1.29, 1.82) is 0 Å². The molecule has 2 aliphatic rings. The minimum Gasteiger partial charge on any atom is -0.381 e. The number of ether oxygens (including phenoxy) is 1. The Hall–Kier alpha value is -2.04. The van der Waals surface area contributed by atoms with Gasteiger partial charge in [0, 0.05) is 37.6 Å². The molecule has 2 aliphatic heterocycles. The summed E-state index contributed by atoms with van der Waals surface area (Å²) in [6.45, 7) is 2.21. The number of nitrogens with one attached hydrogen (secondary N) is 2. The van der Waals surface area contributed by atoms with Crippen LogP contribution in [0.3, 0.4) is 0 Å². The molecule has 1 saturated heterocycles. The number of amidine groups is 1. The van der Waals surface area contributed by atoms with Crippen molar-refractivity contribution >= 4 is 28.8 Å². The van der Waals surface area contributed by atoms with E-state index in [9.17, 15) is 0 Å². The first kappa shape index (κ1) is 16.4. The van der Waals surface area contributed by atoms with Gasteiger partial charge in [0.15, 0.2) is 0 Å². The summed E-state index contributed by atoms with van der Waals surface area (Å²) in [4.78, 5) is 4.92. The maximum absolute atomic E-state index is 6.26. The van der Waals surface area contributed by atoms with Crippen molar-refractivity contribution in [3.8, 4) is 0 Å². The van der Waals surface area contributed by atoms with Crippen molar-refractivity contribution in [2.24, 2.45) is 4.99 Å². The maximum Gasteiger partial charge on any atom is 0.127 e. The first-order chi connectivity index (χ1) is 12.3. The summed E-state index contributed by atoms with van der Waals surface area (Å²) in [5.41, 5.74) is 3.19. The van der Waals surface area contributed by atoms with E-state index in [2.05, 4.69) is 34.9 Å². The molecule has 0 amide bonds. The van der Waals surface area contributed by atoms with Gasteiger partial charge in [-0.3, -0.25) is 4.99 Å². The van der Waals surface area contributed by atoms with E-state index in [1.807, 2.05) is 24.3 Å². The first-order valence-electron chi connectivity index (χ1n) is 8.77. The van der Waals surface area contributed by atoms with Gasteiger partial charge < -0.3 is 15.4 Å². The van der Waals surface area contributed by atoms with Crippen molar-refractivity contribution in [1.82, 2.24) is 0 Å². The second kappa shape index (κ2) is 7.06. The SMILES string of the molecule is Clc1ccccc1CCN=C1Nc2ccccc2NC12CCOCC2. The molecule has 0 saturated carbocycles. The fourth-order valence-corrected chi connectivity index (χ4v) is 3.76. The lowest BCUT2D eigenvalue weighted by Gasteiger charge is -2.43. The Balaban J connectivity index is 1.58. The topological polar surface area (TPSA) is 45.7 Å². The lowest BCUT2D eigenvalue weighted by atomic mass is 9.86. The number of para-hydroxylation sites is 2. The van der Waals surface area contributed by atoms with Gasteiger partial charge >= 0.3 is 0 Å². The number of fused-ring (bicyclic) bond motifs is 1. The summed E-state index contributed by atoms with van der Waals surface area (Å²) >= 11 is 6.26. The zero-order valence-corrected chi connectivity index (χ0v) is 14.9. The highest BCUT2D eigenvalue weighted by molar-refractivity contribution is 6.31. The van der Waals surface area contributed by atoms with Gasteiger partial charge in [-0.1, -0.05) is 41.9 Å². The number of hydrogen-bond acceptors (Lipinski definition) is 3. The standard InChI is InChI=1S/C20H22ClN3O/c21-16-6-2-1-5-15(16)9-12-22-19-20(10-13-25-14-11-20)24-18-8-4-3-7-17(18)23-19/h1-8,24H,9-14H2,(H,22,23). The van der Waals surface area contributed by atoms with Crippen LogP contribution in [0.2, 0.25) is 5.02 Å². The molecule has 4 rings (SSSR count). The van der Waals surface area contributed by atoms with E-state index in [1.165, 1.54) is 0 Å². The minimum atomic E-state index is -0.160. The summed E-state index contributed by atoms with van der Waals surface area (Å²) in [7, 11) is 0. The van der Waals surface area contributed by atoms with Gasteiger partial charge in [0.05, 0.1) is 16.9 Å². The molecule has 0 bridgehead atoms. The average Bonchev–Trinajstić information content (AvgIpc) is 2.64. The largest absolute Gasteiger partial charge is 0.381 e. The highest BCUT2D eigenvalue weighted by atomic mass is 35.5. The lowest BCUT2D eigenvalue weighted by Crippen LogP contribution is -2.55. The molecule has 2 N–H and O–H groups in total. The van der Waals surface area contributed by atoms with E-state index in [-0.39, 0.29) is 5.54 Å². The predicted molar refractivity (Wildman–Crippen MR) is 104 cm³/mol. The third-order valence-corrected chi connectivity index (χ3v) is 5.33. The second-order valence-corrected chi connectivity index (χ2v) is 6.97. The van der Waals surface area contributed by atoms with Crippen molar-refractivity contribution in [2.45, 2.75) is 24.8 Å². The molecule has 0 atom stereocenters. The number of hydrogen-bond donors (Lipinski definition) is 2. The van der Waals surface area contributed by atoms with Gasteiger partial charge in [-0.25, -0.2) is 0 Å². The molecule has 0 radical (unpaired) electrons. The van der Waals surface area contributed by atoms with E-state index in [1.54, 1.807) is 0 Å². The number of benzene rings is 2. The molecule has 2 heterocycles. The van der Waals surface area contributed by atoms with Crippen LogP contribution in [0.4, 0.5) is 11.4 Å². The van der Waals surface area contributed by atoms with Crippen molar-refractivity contribution in [2.75, 3.05) is 30.4 Å². The first-order valence-corrected chi connectivity index (χ1v) is 9.15. The monoisotopic (exact) mass is 355 g/mol. The molecule has 0 unspecified atom stereocenters. The normalized spacial score (nSPS) is 20.0. The van der Waals surface area contributed by atoms with Crippen LogP contribution in [0.15, 0.2) is 53.5 Å². The number of nitrogens with zero attached hydrogens (tertiary/aromatic N) is 1. The molecule has 130 valence electrons. The van der Waals surface area contributed by atoms with Crippen LogP contribution in [0, 0.1) is 0 Å². The van der Waals surface area contributed by atoms with Crippen LogP contribution < -0.4 is 10.6 Å². The summed E-state index contributed by atoms with van der Waals surface area (Å²) in [5, 5.41) is 8.09. The van der Waals surface area contributed by atoms with Gasteiger partial charge in [-0.15, -0.1) is 0 Å². The maximum atomic E-state index is 6.26. The zero-order valence-electron chi connectivity index (χ0n) is 14.1. The van der Waals surface area contributed by atoms with Crippen LogP contribution in [0.25, 0.3) is 0 Å². The number of aliphatic imine (C=N–C) groups is 1. The molecule has 25 heavy (non-hydrogen) atoms. The van der Waals surface area contributed by atoms with Gasteiger partial charge in [-0.05, 0) is 30.2 Å². The number of anilines is 2. The molecule has 2 aromatic carbocycles. The van der Waals surface area contributed by atoms with Crippen LogP contribution >= 0.6 is 11.6 Å². The Morgan fingerprint density at radius 3 is 2.52 bits per heavy atom. The van der Waals surface area contributed by atoms with Crippen LogP contribution in [0.1, 0.15) is 18.4 Å². The Kier molecular flexibility index (Phi) is 4.64. The number of rotatable bonds is 3. The van der Waals surface area contributed by atoms with Crippen molar-refractivity contribution < 1.29 is 4.74 Å². The zero-order chi connectivity index (χ0) is 17.1. The molecule has 1 spiro atoms. The Morgan fingerprint density at radius 1 is 1.00 bits per heavy atom. The molecule has 0 aromatic heterocycles. The third-order valence-electron chi connectivity index (χ3n) is 4.96. The quantitative estimate of drug-likeness (QED) is 0.859. The highest BCUT2D eigenvalue weighted by Crippen LogP contribution is 2.36. The van der Waals surface area contributed by atoms with E-state index >= 15 is 0 Å². The smallest absolute Gasteiger partial charge is 0.127 e. The molecule has 1 fully saturated rings. The van der Waals surface area contributed by atoms with E-state index < -0.39 is 0 Å². The summed E-state index contributed by atoms with van der Waals surface area (Å²) in [5.74, 6) is 1.02. The predicted octanol–water partition coefficient (Wildman–Crippen LogP) is 4.37. The van der Waals surface area contributed by atoms with E-state index in [0.29, 0.717) is 6.54 Å². The Bertz CT molecular complexity index is 784. The van der Waals surface area contributed by atoms with Gasteiger partial charge in [0.25, 0.3) is 0 Å². The highest BCUT2D eigenvalue weighted by Gasteiger charge is 2.41. The van der Waals surface area contributed by atoms with Crippen molar-refractivity contribution in [3.05, 3.63) is 59.1 Å². The van der Waals surface area contributed by atoms with Gasteiger partial charge in [0.1, 0.15) is 5.84 Å². The fraction of sp³-hybridized carbons (Fsp3) is 0.350. The van der Waals surface area contributed by atoms with Crippen LogP contribution in [-0.2, 0) is 11.2 Å². The van der Waals surface area contributed by atoms with Crippen LogP contribution in [0.5, 0.6) is 0 Å². The molecule has 5 heteroatoms. The molecule has 4 nitrogen and oxygen atoms in total. The Labute approximate surface area is 153 Å². The second-order valence-electron chi connectivity index (χ2n) is 6.56. The minimum absolute atomic E-state index is 0.160. The molecular formula is C20H22ClN3O. The molecule has 0 aliphatic carbocycles. The summed E-state index contributed by atoms with van der Waals surface area (Å²) in [6, 6.07) is 16.3. The summed E-state index contributed by atoms with van der Waals surface area (Å²) < 4.78 is 5.58.